The van der Waals surface area contributed by atoms with Gasteiger partial charge in [-0.25, -0.2) is 4.98 Å². The molecule has 0 atom stereocenters. The third-order valence-electron chi connectivity index (χ3n) is 5.66. The Balaban J connectivity index is 1.37. The lowest BCUT2D eigenvalue weighted by atomic mass is 9.74. The Morgan fingerprint density at radius 2 is 1.70 bits per heavy atom. The molecule has 30 heavy (non-hydrogen) atoms. The van der Waals surface area contributed by atoms with Crippen LogP contribution in [0.1, 0.15) is 24.1 Å². The summed E-state index contributed by atoms with van der Waals surface area (Å²) in [5.74, 6) is 1.38. The highest BCUT2D eigenvalue weighted by Gasteiger charge is 2.34. The van der Waals surface area contributed by atoms with E-state index in [1.165, 1.54) is 5.56 Å². The Labute approximate surface area is 177 Å². The van der Waals surface area contributed by atoms with E-state index in [-0.39, 0.29) is 5.41 Å². The Morgan fingerprint density at radius 1 is 1.00 bits per heavy atom. The third-order valence-corrected chi connectivity index (χ3v) is 5.66. The summed E-state index contributed by atoms with van der Waals surface area (Å²) in [6.07, 6.45) is 3.67. The molecule has 2 N–H and O–H groups in total. The number of nitrogens with zero attached hydrogens (tertiary/aromatic N) is 2. The molecule has 0 bridgehead atoms. The van der Waals surface area contributed by atoms with Crippen LogP contribution in [-0.4, -0.2) is 37.7 Å². The third kappa shape index (κ3) is 4.71. The van der Waals surface area contributed by atoms with E-state index >= 15 is 0 Å². The van der Waals surface area contributed by atoms with Gasteiger partial charge in [-0.05, 0) is 30.5 Å². The van der Waals surface area contributed by atoms with E-state index in [9.17, 15) is 0 Å². The van der Waals surface area contributed by atoms with Gasteiger partial charge in [-0.1, -0.05) is 48.5 Å². The smallest absolute Gasteiger partial charge is 0.226 e. The monoisotopic (exact) mass is 404 g/mol. The molecule has 156 valence electrons. The maximum atomic E-state index is 5.63. The number of ether oxygens (including phenoxy) is 1. The van der Waals surface area contributed by atoms with E-state index in [2.05, 4.69) is 50.9 Å². The van der Waals surface area contributed by atoms with Crippen LogP contribution < -0.4 is 10.6 Å². The molecule has 0 spiro atoms. The predicted molar refractivity (Wildman–Crippen MR) is 118 cm³/mol. The Bertz CT molecular complexity index is 948. The minimum absolute atomic E-state index is 0.0471. The fraction of sp³-hybridized carbons (Fsp3) is 0.333. The number of guanidine groups is 1. The minimum atomic E-state index is 0.0471. The number of aromatic nitrogens is 1. The summed E-state index contributed by atoms with van der Waals surface area (Å²) in [6, 6.07) is 20.6. The molecule has 0 saturated carbocycles. The zero-order valence-electron chi connectivity index (χ0n) is 17.3. The van der Waals surface area contributed by atoms with E-state index in [0.29, 0.717) is 12.4 Å². The van der Waals surface area contributed by atoms with Crippen LogP contribution in [0.3, 0.4) is 0 Å². The molecule has 0 radical (unpaired) electrons. The normalized spacial score (nSPS) is 16.2. The van der Waals surface area contributed by atoms with E-state index < -0.39 is 0 Å². The van der Waals surface area contributed by atoms with Crippen molar-refractivity contribution in [1.82, 2.24) is 15.6 Å². The fourth-order valence-electron chi connectivity index (χ4n) is 3.87. The Morgan fingerprint density at radius 3 is 2.40 bits per heavy atom. The first-order valence-corrected chi connectivity index (χ1v) is 10.4. The lowest BCUT2D eigenvalue weighted by Crippen LogP contribution is -2.47. The van der Waals surface area contributed by atoms with Gasteiger partial charge in [-0.2, -0.15) is 0 Å². The van der Waals surface area contributed by atoms with Crippen LogP contribution in [0.25, 0.3) is 11.5 Å². The van der Waals surface area contributed by atoms with Crippen molar-refractivity contribution in [3.05, 3.63) is 78.2 Å². The summed E-state index contributed by atoms with van der Waals surface area (Å²) in [6.45, 7) is 2.90. The molecule has 2 heterocycles. The molecule has 0 aliphatic carbocycles. The first-order chi connectivity index (χ1) is 14.8. The van der Waals surface area contributed by atoms with E-state index in [4.69, 9.17) is 9.15 Å². The molecule has 1 aromatic heterocycles. The number of aliphatic imine (C=N–C) groups is 1. The standard InChI is InChI=1S/C24H28N4O2/c1-25-23(26-16-21-17-30-22(28-21)19-8-4-2-5-9-19)27-18-24(12-14-29-15-13-24)20-10-6-3-7-11-20/h2-11,17H,12-16,18H2,1H3,(H2,25,26,27). The number of benzene rings is 2. The maximum absolute atomic E-state index is 5.63. The topological polar surface area (TPSA) is 71.7 Å². The van der Waals surface area contributed by atoms with Crippen LogP contribution in [0.5, 0.6) is 0 Å². The van der Waals surface area contributed by atoms with Gasteiger partial charge in [-0.3, -0.25) is 4.99 Å². The highest BCUT2D eigenvalue weighted by Crippen LogP contribution is 2.34. The van der Waals surface area contributed by atoms with Gasteiger partial charge in [0.2, 0.25) is 5.89 Å². The summed E-state index contributed by atoms with van der Waals surface area (Å²) < 4.78 is 11.3. The van der Waals surface area contributed by atoms with Crippen LogP contribution in [0.2, 0.25) is 0 Å². The van der Waals surface area contributed by atoms with Crippen molar-refractivity contribution in [2.24, 2.45) is 4.99 Å². The second kappa shape index (κ2) is 9.59. The van der Waals surface area contributed by atoms with Crippen molar-refractivity contribution in [3.63, 3.8) is 0 Å². The van der Waals surface area contributed by atoms with Crippen molar-refractivity contribution in [2.45, 2.75) is 24.8 Å². The number of rotatable bonds is 6. The van der Waals surface area contributed by atoms with E-state index in [1.807, 2.05) is 30.3 Å². The van der Waals surface area contributed by atoms with Gasteiger partial charge in [0, 0.05) is 37.8 Å². The van der Waals surface area contributed by atoms with E-state index in [1.54, 1.807) is 13.3 Å². The molecule has 1 saturated heterocycles. The van der Waals surface area contributed by atoms with E-state index in [0.717, 1.165) is 49.8 Å². The highest BCUT2D eigenvalue weighted by atomic mass is 16.5. The molecule has 6 nitrogen and oxygen atoms in total. The number of hydrogen-bond acceptors (Lipinski definition) is 4. The number of oxazole rings is 1. The molecular formula is C24H28N4O2. The van der Waals surface area contributed by atoms with Crippen LogP contribution in [-0.2, 0) is 16.7 Å². The summed E-state index contributed by atoms with van der Waals surface area (Å²) in [5.41, 5.74) is 3.20. The molecule has 1 aliphatic rings. The van der Waals surface area contributed by atoms with Gasteiger partial charge >= 0.3 is 0 Å². The Hall–Kier alpha value is -3.12. The largest absolute Gasteiger partial charge is 0.444 e. The SMILES string of the molecule is CN=C(NCc1coc(-c2ccccc2)n1)NCC1(c2ccccc2)CCOCC1. The lowest BCUT2D eigenvalue weighted by Gasteiger charge is -2.38. The van der Waals surface area contributed by atoms with Crippen LogP contribution in [0.4, 0.5) is 0 Å². The van der Waals surface area contributed by atoms with Crippen molar-refractivity contribution in [1.29, 1.82) is 0 Å². The van der Waals surface area contributed by atoms with Gasteiger partial charge in [0.05, 0.1) is 12.2 Å². The average Bonchev–Trinajstić information content (AvgIpc) is 3.30. The predicted octanol–water partition coefficient (Wildman–Crippen LogP) is 3.76. The molecule has 6 heteroatoms. The summed E-state index contributed by atoms with van der Waals surface area (Å²) in [7, 11) is 1.78. The zero-order chi connectivity index (χ0) is 20.7. The second-order valence-electron chi connectivity index (χ2n) is 7.55. The van der Waals surface area contributed by atoms with Crippen molar-refractivity contribution in [2.75, 3.05) is 26.8 Å². The zero-order valence-corrected chi connectivity index (χ0v) is 17.3. The van der Waals surface area contributed by atoms with Gasteiger partial charge in [0.15, 0.2) is 5.96 Å². The number of hydrogen-bond donors (Lipinski definition) is 2. The van der Waals surface area contributed by atoms with Gasteiger partial charge < -0.3 is 19.8 Å². The summed E-state index contributed by atoms with van der Waals surface area (Å²) in [4.78, 5) is 8.95. The Kier molecular flexibility index (Phi) is 6.44. The van der Waals surface area contributed by atoms with Crippen LogP contribution in [0.15, 0.2) is 76.3 Å². The van der Waals surface area contributed by atoms with Gasteiger partial charge in [0.1, 0.15) is 6.26 Å². The molecule has 2 aromatic carbocycles. The fourth-order valence-corrected chi connectivity index (χ4v) is 3.87. The maximum Gasteiger partial charge on any atom is 0.226 e. The summed E-state index contributed by atoms with van der Waals surface area (Å²) >= 11 is 0. The quantitative estimate of drug-likeness (QED) is 0.484. The first kappa shape index (κ1) is 20.2. The van der Waals surface area contributed by atoms with Crippen LogP contribution >= 0.6 is 0 Å². The average molecular weight is 405 g/mol. The van der Waals surface area contributed by atoms with Crippen LogP contribution in [0, 0.1) is 0 Å². The van der Waals surface area contributed by atoms with Crippen molar-refractivity contribution < 1.29 is 9.15 Å². The second-order valence-corrected chi connectivity index (χ2v) is 7.55. The molecule has 0 amide bonds. The highest BCUT2D eigenvalue weighted by molar-refractivity contribution is 5.79. The molecule has 4 rings (SSSR count). The number of nitrogens with one attached hydrogen (secondary N) is 2. The summed E-state index contributed by atoms with van der Waals surface area (Å²) in [5, 5.41) is 6.86. The molecule has 1 aliphatic heterocycles. The van der Waals surface area contributed by atoms with Crippen molar-refractivity contribution >= 4 is 5.96 Å². The molecular weight excluding hydrogens is 376 g/mol. The molecule has 0 unspecified atom stereocenters. The van der Waals surface area contributed by atoms with Gasteiger partial charge in [0.25, 0.3) is 0 Å². The molecule has 3 aromatic rings. The van der Waals surface area contributed by atoms with Gasteiger partial charge in [-0.15, -0.1) is 0 Å². The molecule has 1 fully saturated rings. The van der Waals surface area contributed by atoms with Crippen molar-refractivity contribution in [3.8, 4) is 11.5 Å². The minimum Gasteiger partial charge on any atom is -0.444 e. The lowest BCUT2D eigenvalue weighted by molar-refractivity contribution is 0.0514. The first-order valence-electron chi connectivity index (χ1n) is 10.4.